The van der Waals surface area contributed by atoms with Gasteiger partial charge in [0.1, 0.15) is 6.54 Å². The Kier molecular flexibility index (Phi) is 5.22. The summed E-state index contributed by atoms with van der Waals surface area (Å²) >= 11 is 0. The summed E-state index contributed by atoms with van der Waals surface area (Å²) in [6, 6.07) is 9.74. The lowest BCUT2D eigenvalue weighted by molar-refractivity contribution is -0.138. The summed E-state index contributed by atoms with van der Waals surface area (Å²) in [4.78, 5) is 11.5. The van der Waals surface area contributed by atoms with Crippen LogP contribution in [0.15, 0.2) is 30.3 Å². The Bertz CT molecular complexity index is 458. The second-order valence-corrected chi connectivity index (χ2v) is 5.35. The number of hydrogen-bond acceptors (Lipinski definition) is 2. The van der Waals surface area contributed by atoms with E-state index in [0.29, 0.717) is 5.92 Å². The van der Waals surface area contributed by atoms with Crippen LogP contribution >= 0.6 is 0 Å². The number of halogens is 3. The van der Waals surface area contributed by atoms with Crippen molar-refractivity contribution >= 4 is 5.91 Å². The highest BCUT2D eigenvalue weighted by molar-refractivity contribution is 5.78. The fraction of sp³-hybridized carbons (Fsp3) is 0.533. The van der Waals surface area contributed by atoms with E-state index >= 15 is 0 Å². The zero-order valence-corrected chi connectivity index (χ0v) is 11.6. The Hall–Kier alpha value is -1.56. The van der Waals surface area contributed by atoms with Crippen molar-refractivity contribution in [3.8, 4) is 0 Å². The molecule has 2 N–H and O–H groups in total. The van der Waals surface area contributed by atoms with Crippen LogP contribution in [0.1, 0.15) is 30.9 Å². The Labute approximate surface area is 121 Å². The van der Waals surface area contributed by atoms with E-state index in [1.165, 1.54) is 0 Å². The van der Waals surface area contributed by atoms with Gasteiger partial charge in [0.05, 0.1) is 6.54 Å². The maximum absolute atomic E-state index is 12.0. The smallest absolute Gasteiger partial charge is 0.346 e. The standard InChI is InChI=1S/C15H19F3N2O/c16-15(17,18)10-20-13(21)9-19-14(12-7-4-8-12)11-5-2-1-3-6-11/h1-3,5-6,12,14,19H,4,7-10H2,(H,20,21)/t14-/m0/s1. The van der Waals surface area contributed by atoms with Gasteiger partial charge in [0.15, 0.2) is 0 Å². The molecule has 1 atom stereocenters. The quantitative estimate of drug-likeness (QED) is 0.848. The van der Waals surface area contributed by atoms with Gasteiger partial charge in [-0.05, 0) is 24.3 Å². The van der Waals surface area contributed by atoms with Crippen LogP contribution < -0.4 is 10.6 Å². The van der Waals surface area contributed by atoms with Gasteiger partial charge in [-0.1, -0.05) is 36.8 Å². The van der Waals surface area contributed by atoms with Crippen LogP contribution in [0.3, 0.4) is 0 Å². The molecule has 3 nitrogen and oxygen atoms in total. The van der Waals surface area contributed by atoms with Crippen LogP contribution in [0.4, 0.5) is 13.2 Å². The van der Waals surface area contributed by atoms with Gasteiger partial charge in [-0.25, -0.2) is 0 Å². The lowest BCUT2D eigenvalue weighted by atomic mass is 9.77. The summed E-state index contributed by atoms with van der Waals surface area (Å²) in [7, 11) is 0. The first-order valence-electron chi connectivity index (χ1n) is 7.07. The molecule has 1 amide bonds. The van der Waals surface area contributed by atoms with Crippen LogP contribution in [0.25, 0.3) is 0 Å². The summed E-state index contributed by atoms with van der Waals surface area (Å²) in [5.41, 5.74) is 1.07. The normalized spacial score (nSPS) is 17.1. The van der Waals surface area contributed by atoms with Crippen LogP contribution in [0.2, 0.25) is 0 Å². The molecule has 0 bridgehead atoms. The third kappa shape index (κ3) is 5.04. The molecule has 1 saturated carbocycles. The van der Waals surface area contributed by atoms with E-state index in [1.807, 2.05) is 35.6 Å². The van der Waals surface area contributed by atoms with Gasteiger partial charge in [-0.3, -0.25) is 4.79 Å². The number of rotatable bonds is 6. The maximum atomic E-state index is 12.0. The topological polar surface area (TPSA) is 41.1 Å². The summed E-state index contributed by atoms with van der Waals surface area (Å²) in [5, 5.41) is 4.97. The van der Waals surface area contributed by atoms with E-state index in [0.717, 1.165) is 24.8 Å². The van der Waals surface area contributed by atoms with Crippen molar-refractivity contribution < 1.29 is 18.0 Å². The van der Waals surface area contributed by atoms with E-state index in [-0.39, 0.29) is 12.6 Å². The molecular weight excluding hydrogens is 281 g/mol. The lowest BCUT2D eigenvalue weighted by Gasteiger charge is -2.34. The molecule has 0 aliphatic heterocycles. The molecule has 0 heterocycles. The molecule has 1 aromatic carbocycles. The SMILES string of the molecule is O=C(CN[C@@H](c1ccccc1)C1CCC1)NCC(F)(F)F. The highest BCUT2D eigenvalue weighted by Crippen LogP contribution is 2.37. The van der Waals surface area contributed by atoms with Gasteiger partial charge in [0.2, 0.25) is 5.91 Å². The molecule has 1 aliphatic rings. The largest absolute Gasteiger partial charge is 0.405 e. The summed E-state index contributed by atoms with van der Waals surface area (Å²) in [6.07, 6.45) is -1.05. The van der Waals surface area contributed by atoms with Gasteiger partial charge in [0, 0.05) is 6.04 Å². The molecule has 0 spiro atoms. The van der Waals surface area contributed by atoms with Gasteiger partial charge in [-0.15, -0.1) is 0 Å². The van der Waals surface area contributed by atoms with Gasteiger partial charge in [-0.2, -0.15) is 13.2 Å². The van der Waals surface area contributed by atoms with E-state index in [2.05, 4.69) is 5.32 Å². The minimum atomic E-state index is -4.37. The molecule has 2 rings (SSSR count). The third-order valence-electron chi connectivity index (χ3n) is 3.75. The van der Waals surface area contributed by atoms with E-state index < -0.39 is 18.6 Å². The van der Waals surface area contributed by atoms with E-state index in [9.17, 15) is 18.0 Å². The average molecular weight is 300 g/mol. The number of alkyl halides is 3. The maximum Gasteiger partial charge on any atom is 0.405 e. The monoisotopic (exact) mass is 300 g/mol. The molecular formula is C15H19F3N2O. The van der Waals surface area contributed by atoms with Crippen molar-refractivity contribution in [3.63, 3.8) is 0 Å². The van der Waals surface area contributed by atoms with Gasteiger partial charge >= 0.3 is 6.18 Å². The summed E-state index contributed by atoms with van der Waals surface area (Å²) < 4.78 is 36.1. The first-order chi connectivity index (χ1) is 9.96. The Morgan fingerprint density at radius 1 is 1.24 bits per heavy atom. The number of carbonyl (C=O) groups is 1. The van der Waals surface area contributed by atoms with E-state index in [4.69, 9.17) is 0 Å². The van der Waals surface area contributed by atoms with Crippen molar-refractivity contribution in [1.82, 2.24) is 10.6 Å². The predicted molar refractivity (Wildman–Crippen MR) is 73.6 cm³/mol. The van der Waals surface area contributed by atoms with Gasteiger partial charge < -0.3 is 10.6 Å². The molecule has 21 heavy (non-hydrogen) atoms. The molecule has 1 aromatic rings. The lowest BCUT2D eigenvalue weighted by Crippen LogP contribution is -2.42. The molecule has 0 radical (unpaired) electrons. The molecule has 1 aliphatic carbocycles. The van der Waals surface area contributed by atoms with Crippen LogP contribution in [0.5, 0.6) is 0 Å². The highest BCUT2D eigenvalue weighted by atomic mass is 19.4. The minimum absolute atomic E-state index is 0.0246. The van der Waals surface area contributed by atoms with Crippen LogP contribution in [-0.4, -0.2) is 25.2 Å². The number of nitrogens with one attached hydrogen (secondary N) is 2. The van der Waals surface area contributed by atoms with Crippen molar-refractivity contribution in [3.05, 3.63) is 35.9 Å². The summed E-state index contributed by atoms with van der Waals surface area (Å²) in [6.45, 7) is -1.39. The van der Waals surface area contributed by atoms with Gasteiger partial charge in [0.25, 0.3) is 0 Å². The minimum Gasteiger partial charge on any atom is -0.346 e. The van der Waals surface area contributed by atoms with Crippen LogP contribution in [-0.2, 0) is 4.79 Å². The molecule has 0 saturated heterocycles. The Morgan fingerprint density at radius 2 is 1.90 bits per heavy atom. The zero-order valence-electron chi connectivity index (χ0n) is 11.6. The Balaban J connectivity index is 1.87. The van der Waals surface area contributed by atoms with Crippen molar-refractivity contribution in [2.75, 3.05) is 13.1 Å². The highest BCUT2D eigenvalue weighted by Gasteiger charge is 2.30. The van der Waals surface area contributed by atoms with Crippen LogP contribution in [0, 0.1) is 5.92 Å². The fourth-order valence-electron chi connectivity index (χ4n) is 2.45. The summed E-state index contributed by atoms with van der Waals surface area (Å²) in [5.74, 6) is -0.185. The number of benzene rings is 1. The fourth-order valence-corrected chi connectivity index (χ4v) is 2.45. The van der Waals surface area contributed by atoms with Crippen molar-refractivity contribution in [1.29, 1.82) is 0 Å². The molecule has 116 valence electrons. The molecule has 1 fully saturated rings. The predicted octanol–water partition coefficient (Wildman–Crippen LogP) is 2.80. The second kappa shape index (κ2) is 6.93. The van der Waals surface area contributed by atoms with E-state index in [1.54, 1.807) is 0 Å². The van der Waals surface area contributed by atoms with Crippen molar-refractivity contribution in [2.24, 2.45) is 5.92 Å². The average Bonchev–Trinajstić information content (AvgIpc) is 2.39. The van der Waals surface area contributed by atoms with Crippen molar-refractivity contribution in [2.45, 2.75) is 31.5 Å². The third-order valence-corrected chi connectivity index (χ3v) is 3.75. The molecule has 0 aromatic heterocycles. The molecule has 6 heteroatoms. The number of amides is 1. The number of carbonyl (C=O) groups excluding carboxylic acids is 1. The first kappa shape index (κ1) is 15.8. The number of hydrogen-bond donors (Lipinski definition) is 2. The Morgan fingerprint density at radius 3 is 2.43 bits per heavy atom. The first-order valence-corrected chi connectivity index (χ1v) is 7.07. The second-order valence-electron chi connectivity index (χ2n) is 5.35. The molecule has 0 unspecified atom stereocenters. The zero-order chi connectivity index (χ0) is 15.3.